The normalized spacial score (nSPS) is 15.2. The van der Waals surface area contributed by atoms with Gasteiger partial charge in [-0.25, -0.2) is 4.98 Å². The molecule has 4 rings (SSSR count). The van der Waals surface area contributed by atoms with Gasteiger partial charge in [0.1, 0.15) is 18.2 Å². The molecule has 174 valence electrons. The molecule has 1 fully saturated rings. The maximum atomic E-state index is 13.6. The Bertz CT molecular complexity index is 1010. The van der Waals surface area contributed by atoms with Gasteiger partial charge in [0.05, 0.1) is 13.2 Å². The minimum Gasteiger partial charge on any atom is -0.486 e. The SMILES string of the molecule is CC(CN1CCOCC1)N(Cc1ccccc1)C(=O)c1ccc(OCc2nccn2C)cc1. The highest BCUT2D eigenvalue weighted by molar-refractivity contribution is 5.94. The van der Waals surface area contributed by atoms with E-state index in [9.17, 15) is 4.79 Å². The van der Waals surface area contributed by atoms with Crippen molar-refractivity contribution in [3.05, 3.63) is 83.9 Å². The van der Waals surface area contributed by atoms with Gasteiger partial charge in [-0.3, -0.25) is 9.69 Å². The van der Waals surface area contributed by atoms with Crippen LogP contribution in [0.4, 0.5) is 0 Å². The Labute approximate surface area is 195 Å². The summed E-state index contributed by atoms with van der Waals surface area (Å²) in [6, 6.07) is 17.6. The Morgan fingerprint density at radius 2 is 1.85 bits per heavy atom. The molecule has 1 unspecified atom stereocenters. The number of carbonyl (C=O) groups excluding carboxylic acids is 1. The van der Waals surface area contributed by atoms with Gasteiger partial charge in [-0.2, -0.15) is 0 Å². The maximum Gasteiger partial charge on any atom is 0.254 e. The van der Waals surface area contributed by atoms with E-state index < -0.39 is 0 Å². The summed E-state index contributed by atoms with van der Waals surface area (Å²) >= 11 is 0. The van der Waals surface area contributed by atoms with E-state index in [4.69, 9.17) is 9.47 Å². The van der Waals surface area contributed by atoms with E-state index in [1.54, 1.807) is 6.20 Å². The second-order valence-corrected chi connectivity index (χ2v) is 8.45. The molecule has 7 nitrogen and oxygen atoms in total. The van der Waals surface area contributed by atoms with Gasteiger partial charge < -0.3 is 18.9 Å². The number of hydrogen-bond acceptors (Lipinski definition) is 5. The van der Waals surface area contributed by atoms with Crippen molar-refractivity contribution in [3.8, 4) is 5.75 Å². The number of rotatable bonds is 9. The lowest BCUT2D eigenvalue weighted by Crippen LogP contribution is -2.47. The molecule has 1 aromatic heterocycles. The van der Waals surface area contributed by atoms with Crippen LogP contribution in [0, 0.1) is 0 Å². The van der Waals surface area contributed by atoms with Crippen LogP contribution in [-0.4, -0.2) is 64.1 Å². The number of imidazole rings is 1. The summed E-state index contributed by atoms with van der Waals surface area (Å²) in [6.45, 7) is 7.21. The zero-order valence-corrected chi connectivity index (χ0v) is 19.4. The first-order chi connectivity index (χ1) is 16.1. The van der Waals surface area contributed by atoms with Gasteiger partial charge in [0.25, 0.3) is 5.91 Å². The molecule has 1 saturated heterocycles. The lowest BCUT2D eigenvalue weighted by molar-refractivity contribution is 0.0228. The predicted octanol–water partition coefficient (Wildman–Crippen LogP) is 3.36. The molecule has 0 spiro atoms. The van der Waals surface area contributed by atoms with Crippen molar-refractivity contribution in [1.29, 1.82) is 0 Å². The van der Waals surface area contributed by atoms with Crippen molar-refractivity contribution in [2.75, 3.05) is 32.8 Å². The van der Waals surface area contributed by atoms with Gasteiger partial charge >= 0.3 is 0 Å². The molecule has 1 atom stereocenters. The van der Waals surface area contributed by atoms with E-state index in [2.05, 4.69) is 28.9 Å². The number of aromatic nitrogens is 2. The fourth-order valence-electron chi connectivity index (χ4n) is 4.01. The van der Waals surface area contributed by atoms with Gasteiger partial charge in [-0.15, -0.1) is 0 Å². The van der Waals surface area contributed by atoms with E-state index in [-0.39, 0.29) is 11.9 Å². The number of benzene rings is 2. The van der Waals surface area contributed by atoms with Crippen LogP contribution in [0.15, 0.2) is 67.0 Å². The second kappa shape index (κ2) is 11.1. The minimum absolute atomic E-state index is 0.0234. The summed E-state index contributed by atoms with van der Waals surface area (Å²) in [7, 11) is 1.94. The first-order valence-electron chi connectivity index (χ1n) is 11.4. The van der Waals surface area contributed by atoms with Gasteiger partial charge in [0.2, 0.25) is 0 Å². The van der Waals surface area contributed by atoms with Crippen molar-refractivity contribution >= 4 is 5.91 Å². The number of amides is 1. The number of aryl methyl sites for hydroxylation is 1. The summed E-state index contributed by atoms with van der Waals surface area (Å²) in [4.78, 5) is 22.2. The monoisotopic (exact) mass is 448 g/mol. The minimum atomic E-state index is 0.0234. The van der Waals surface area contributed by atoms with Crippen LogP contribution in [0.3, 0.4) is 0 Å². The van der Waals surface area contributed by atoms with Crippen LogP contribution in [-0.2, 0) is 24.9 Å². The smallest absolute Gasteiger partial charge is 0.254 e. The molecule has 0 radical (unpaired) electrons. The number of ether oxygens (including phenoxy) is 2. The van der Waals surface area contributed by atoms with E-state index in [1.807, 2.05) is 65.2 Å². The Morgan fingerprint density at radius 1 is 1.12 bits per heavy atom. The third-order valence-corrected chi connectivity index (χ3v) is 6.00. The molecular weight excluding hydrogens is 416 g/mol. The van der Waals surface area contributed by atoms with Gasteiger partial charge in [-0.05, 0) is 36.8 Å². The molecule has 33 heavy (non-hydrogen) atoms. The molecule has 0 saturated carbocycles. The average Bonchev–Trinajstić information content (AvgIpc) is 3.27. The highest BCUT2D eigenvalue weighted by atomic mass is 16.5. The topological polar surface area (TPSA) is 59.8 Å². The van der Waals surface area contributed by atoms with Gasteiger partial charge in [0.15, 0.2) is 0 Å². The standard InChI is InChI=1S/C26H32N4O3/c1-21(18-29-14-16-32-17-15-29)30(19-22-6-4-3-5-7-22)26(31)23-8-10-24(11-9-23)33-20-25-27-12-13-28(25)2/h3-13,21H,14-20H2,1-2H3. The third kappa shape index (κ3) is 6.21. The summed E-state index contributed by atoms with van der Waals surface area (Å²) < 4.78 is 13.2. The molecule has 2 aromatic carbocycles. The van der Waals surface area contributed by atoms with Crippen molar-refractivity contribution in [3.63, 3.8) is 0 Å². The van der Waals surface area contributed by atoms with Crippen LogP contribution in [0.25, 0.3) is 0 Å². The number of carbonyl (C=O) groups is 1. The molecule has 1 aliphatic rings. The number of hydrogen-bond donors (Lipinski definition) is 0. The van der Waals surface area contributed by atoms with E-state index in [0.29, 0.717) is 24.5 Å². The van der Waals surface area contributed by atoms with Crippen molar-refractivity contribution < 1.29 is 14.3 Å². The number of morpholine rings is 1. The second-order valence-electron chi connectivity index (χ2n) is 8.45. The summed E-state index contributed by atoms with van der Waals surface area (Å²) in [6.07, 6.45) is 3.64. The van der Waals surface area contributed by atoms with Crippen LogP contribution < -0.4 is 4.74 Å². The molecule has 1 aliphatic heterocycles. The Hall–Kier alpha value is -3.16. The van der Waals surface area contributed by atoms with Crippen molar-refractivity contribution in [2.24, 2.45) is 7.05 Å². The van der Waals surface area contributed by atoms with E-state index in [1.165, 1.54) is 0 Å². The van der Waals surface area contributed by atoms with Crippen LogP contribution in [0.1, 0.15) is 28.7 Å². The fraction of sp³-hybridized carbons (Fsp3) is 0.385. The Kier molecular flexibility index (Phi) is 7.75. The van der Waals surface area contributed by atoms with Gasteiger partial charge in [0, 0.05) is 57.2 Å². The Morgan fingerprint density at radius 3 is 2.52 bits per heavy atom. The van der Waals surface area contributed by atoms with Crippen LogP contribution in [0.2, 0.25) is 0 Å². The molecule has 0 aliphatic carbocycles. The first-order valence-corrected chi connectivity index (χ1v) is 11.4. The largest absolute Gasteiger partial charge is 0.486 e. The third-order valence-electron chi connectivity index (χ3n) is 6.00. The average molecular weight is 449 g/mol. The Balaban J connectivity index is 1.45. The zero-order valence-electron chi connectivity index (χ0n) is 19.4. The van der Waals surface area contributed by atoms with Crippen LogP contribution >= 0.6 is 0 Å². The lowest BCUT2D eigenvalue weighted by atomic mass is 10.1. The van der Waals surface area contributed by atoms with E-state index in [0.717, 1.165) is 44.2 Å². The highest BCUT2D eigenvalue weighted by Gasteiger charge is 2.24. The summed E-state index contributed by atoms with van der Waals surface area (Å²) in [5.41, 5.74) is 1.78. The quantitative estimate of drug-likeness (QED) is 0.502. The zero-order chi connectivity index (χ0) is 23.0. The fourth-order valence-corrected chi connectivity index (χ4v) is 4.01. The van der Waals surface area contributed by atoms with Crippen molar-refractivity contribution in [2.45, 2.75) is 26.1 Å². The molecule has 3 aromatic rings. The highest BCUT2D eigenvalue weighted by Crippen LogP contribution is 2.19. The molecule has 7 heteroatoms. The van der Waals surface area contributed by atoms with Crippen LogP contribution in [0.5, 0.6) is 5.75 Å². The number of nitrogens with zero attached hydrogens (tertiary/aromatic N) is 4. The van der Waals surface area contributed by atoms with E-state index >= 15 is 0 Å². The molecule has 0 bridgehead atoms. The van der Waals surface area contributed by atoms with Gasteiger partial charge in [-0.1, -0.05) is 30.3 Å². The molecule has 2 heterocycles. The molecular formula is C26H32N4O3. The molecule has 1 amide bonds. The maximum absolute atomic E-state index is 13.6. The summed E-state index contributed by atoms with van der Waals surface area (Å²) in [5.74, 6) is 1.59. The predicted molar refractivity (Wildman–Crippen MR) is 127 cm³/mol. The molecule has 0 N–H and O–H groups in total. The lowest BCUT2D eigenvalue weighted by Gasteiger charge is -2.35. The first kappa shape index (κ1) is 23.0. The summed E-state index contributed by atoms with van der Waals surface area (Å²) in [5, 5.41) is 0. The van der Waals surface area contributed by atoms with Crippen molar-refractivity contribution in [1.82, 2.24) is 19.4 Å².